The Kier molecular flexibility index (Phi) is 5.73. The van der Waals surface area contributed by atoms with Crippen LogP contribution < -0.4 is 0 Å². The van der Waals surface area contributed by atoms with Gasteiger partial charge < -0.3 is 20.4 Å². The first-order valence-corrected chi connectivity index (χ1v) is 14.1. The normalized spacial score (nSPS) is 57.4. The molecule has 198 valence electrons. The Bertz CT molecular complexity index is 916. The van der Waals surface area contributed by atoms with Crippen molar-refractivity contribution < 1.29 is 25.2 Å². The average molecular weight is 489 g/mol. The highest BCUT2D eigenvalue weighted by atomic mass is 16.4. The van der Waals surface area contributed by atoms with Gasteiger partial charge in [0.15, 0.2) is 0 Å². The number of allylic oxidation sites excluding steroid dienone is 1. The molecule has 5 rings (SSSR count). The van der Waals surface area contributed by atoms with E-state index in [2.05, 4.69) is 34.3 Å². The van der Waals surface area contributed by atoms with Gasteiger partial charge in [0, 0.05) is 5.41 Å². The van der Waals surface area contributed by atoms with Crippen LogP contribution in [0.25, 0.3) is 0 Å². The van der Waals surface area contributed by atoms with Crippen molar-refractivity contribution in [1.29, 1.82) is 0 Å². The third-order valence-electron chi connectivity index (χ3n) is 13.6. The van der Waals surface area contributed by atoms with E-state index in [-0.39, 0.29) is 52.4 Å². The van der Waals surface area contributed by atoms with E-state index in [9.17, 15) is 25.2 Å². The summed E-state index contributed by atoms with van der Waals surface area (Å²) in [5.74, 6) is -0.0111. The fraction of sp³-hybridized carbons (Fsp3) is 0.900. The molecule has 0 aromatic rings. The molecule has 0 saturated heterocycles. The molecule has 0 aromatic heterocycles. The summed E-state index contributed by atoms with van der Waals surface area (Å²) in [5.41, 5.74) is -0.485. The summed E-state index contributed by atoms with van der Waals surface area (Å²) in [5, 5.41) is 43.8. The molecule has 35 heavy (non-hydrogen) atoms. The molecule has 5 fully saturated rings. The van der Waals surface area contributed by atoms with Gasteiger partial charge in [-0.3, -0.25) is 4.79 Å². The van der Waals surface area contributed by atoms with Crippen molar-refractivity contribution >= 4 is 5.97 Å². The highest BCUT2D eigenvalue weighted by Gasteiger charge is 2.74. The highest BCUT2D eigenvalue weighted by molar-refractivity contribution is 5.76. The van der Waals surface area contributed by atoms with Gasteiger partial charge in [0.25, 0.3) is 0 Å². The Labute approximate surface area is 211 Å². The number of aliphatic hydroxyl groups excluding tert-OH is 3. The highest BCUT2D eigenvalue weighted by Crippen LogP contribution is 2.77. The summed E-state index contributed by atoms with van der Waals surface area (Å²) in [6, 6.07) is 0. The fourth-order valence-electron chi connectivity index (χ4n) is 11.6. The van der Waals surface area contributed by atoms with Gasteiger partial charge in [-0.05, 0) is 111 Å². The molecule has 0 aromatic carbocycles. The molecule has 0 heterocycles. The van der Waals surface area contributed by atoms with Gasteiger partial charge >= 0.3 is 5.97 Å². The predicted octanol–water partition coefficient (Wildman–Crippen LogP) is 5.03. The summed E-state index contributed by atoms with van der Waals surface area (Å²) >= 11 is 0. The van der Waals surface area contributed by atoms with E-state index in [4.69, 9.17) is 0 Å². The van der Waals surface area contributed by atoms with Crippen molar-refractivity contribution in [2.75, 3.05) is 6.61 Å². The number of carboxylic acid groups (broad SMARTS) is 1. The molecule has 12 atom stereocenters. The summed E-state index contributed by atoms with van der Waals surface area (Å²) in [6.45, 7) is 15.5. The van der Waals surface area contributed by atoms with Crippen molar-refractivity contribution in [2.45, 2.75) is 105 Å². The minimum Gasteiger partial charge on any atom is -0.481 e. The third-order valence-corrected chi connectivity index (χ3v) is 13.6. The predicted molar refractivity (Wildman–Crippen MR) is 135 cm³/mol. The van der Waals surface area contributed by atoms with Crippen LogP contribution in [0.5, 0.6) is 0 Å². The second-order valence-electron chi connectivity index (χ2n) is 14.5. The SMILES string of the molecule is C=C(C)[C@@H]1CC[C@]2(C(=O)O)CC[C@]3(C)[C@H](C[C@@H](O)[C@@H]4[C@@]5(C)CC[C@@H](O)[C@@](C)(CO)[C@@H]5CC[C@]43C)[C@@H]12. The van der Waals surface area contributed by atoms with Crippen molar-refractivity contribution in [2.24, 2.45) is 56.7 Å². The van der Waals surface area contributed by atoms with Crippen LogP contribution in [-0.2, 0) is 4.79 Å². The van der Waals surface area contributed by atoms with Crippen LogP contribution >= 0.6 is 0 Å². The molecule has 0 spiro atoms. The molecule has 5 heteroatoms. The quantitative estimate of drug-likeness (QED) is 0.418. The molecule has 5 nitrogen and oxygen atoms in total. The van der Waals surface area contributed by atoms with E-state index in [1.54, 1.807) is 0 Å². The van der Waals surface area contributed by atoms with Crippen LogP contribution in [-0.4, -0.2) is 45.2 Å². The molecule has 5 aliphatic rings. The Morgan fingerprint density at radius 3 is 2.23 bits per heavy atom. The summed E-state index contributed by atoms with van der Waals surface area (Å²) < 4.78 is 0. The van der Waals surface area contributed by atoms with Crippen LogP contribution in [0, 0.1) is 56.7 Å². The van der Waals surface area contributed by atoms with Gasteiger partial charge in [0.1, 0.15) is 0 Å². The largest absolute Gasteiger partial charge is 0.481 e. The second-order valence-corrected chi connectivity index (χ2v) is 14.5. The first kappa shape index (κ1) is 25.7. The maximum Gasteiger partial charge on any atom is 0.309 e. The van der Waals surface area contributed by atoms with E-state index in [1.807, 2.05) is 6.92 Å². The molecule has 0 aliphatic heterocycles. The monoisotopic (exact) mass is 488 g/mol. The number of aliphatic carboxylic acids is 1. The van der Waals surface area contributed by atoms with Gasteiger partial charge in [-0.2, -0.15) is 0 Å². The molecular weight excluding hydrogens is 440 g/mol. The standard InChI is InChI=1S/C30H48O5/c1-17(2)18-7-12-30(25(34)35)14-13-28(5)19(23(18)30)15-20(32)24-26(3)10-9-22(33)27(4,16-31)21(26)8-11-29(24,28)6/h18-24,31-33H,1,7-16H2,2-6H3,(H,34,35)/t18-,19+,20+,21+,22+,23+,24+,26-,27-,28+,29+,30-/m0/s1. The maximum atomic E-state index is 12.8. The van der Waals surface area contributed by atoms with E-state index in [0.29, 0.717) is 12.8 Å². The lowest BCUT2D eigenvalue weighted by molar-refractivity contribution is -0.280. The first-order valence-electron chi connectivity index (χ1n) is 14.1. The summed E-state index contributed by atoms with van der Waals surface area (Å²) in [4.78, 5) is 12.8. The smallest absolute Gasteiger partial charge is 0.309 e. The van der Waals surface area contributed by atoms with Crippen LogP contribution in [0.1, 0.15) is 92.4 Å². The molecule has 5 aliphatic carbocycles. The molecule has 0 unspecified atom stereocenters. The Balaban J connectivity index is 1.60. The lowest BCUT2D eigenvalue weighted by Gasteiger charge is -2.73. The topological polar surface area (TPSA) is 98.0 Å². The van der Waals surface area contributed by atoms with Crippen molar-refractivity contribution in [3.05, 3.63) is 12.2 Å². The summed E-state index contributed by atoms with van der Waals surface area (Å²) in [6.07, 6.45) is 6.27. The van der Waals surface area contributed by atoms with Crippen molar-refractivity contribution in [3.8, 4) is 0 Å². The Hall–Kier alpha value is -0.910. The molecule has 0 bridgehead atoms. The average Bonchev–Trinajstić information content (AvgIpc) is 3.19. The Morgan fingerprint density at radius 1 is 0.943 bits per heavy atom. The van der Waals surface area contributed by atoms with Crippen molar-refractivity contribution in [3.63, 3.8) is 0 Å². The van der Waals surface area contributed by atoms with E-state index < -0.39 is 29.0 Å². The zero-order chi connectivity index (χ0) is 25.8. The maximum absolute atomic E-state index is 12.8. The van der Waals surface area contributed by atoms with E-state index in [1.165, 1.54) is 0 Å². The van der Waals surface area contributed by atoms with Crippen LogP contribution in [0.4, 0.5) is 0 Å². The zero-order valence-electron chi connectivity index (χ0n) is 22.5. The van der Waals surface area contributed by atoms with E-state index in [0.717, 1.165) is 50.5 Å². The van der Waals surface area contributed by atoms with E-state index >= 15 is 0 Å². The molecule has 4 N–H and O–H groups in total. The van der Waals surface area contributed by atoms with Crippen LogP contribution in [0.15, 0.2) is 12.2 Å². The van der Waals surface area contributed by atoms with Crippen LogP contribution in [0.3, 0.4) is 0 Å². The van der Waals surface area contributed by atoms with Crippen LogP contribution in [0.2, 0.25) is 0 Å². The molecular formula is C30H48O5. The lowest BCUT2D eigenvalue weighted by Crippen LogP contribution is -2.70. The van der Waals surface area contributed by atoms with Gasteiger partial charge in [-0.25, -0.2) is 0 Å². The minimum atomic E-state index is -0.692. The van der Waals surface area contributed by atoms with Gasteiger partial charge in [0.05, 0.1) is 24.2 Å². The third kappa shape index (κ3) is 2.95. The number of carboxylic acids is 1. The number of hydrogen-bond acceptors (Lipinski definition) is 4. The number of fused-ring (bicyclic) bond motifs is 7. The Morgan fingerprint density at radius 2 is 1.63 bits per heavy atom. The fourth-order valence-corrected chi connectivity index (χ4v) is 11.6. The number of hydrogen-bond donors (Lipinski definition) is 4. The number of rotatable bonds is 3. The van der Waals surface area contributed by atoms with Gasteiger partial charge in [-0.15, -0.1) is 0 Å². The number of carbonyl (C=O) groups is 1. The molecule has 0 radical (unpaired) electrons. The summed E-state index contributed by atoms with van der Waals surface area (Å²) in [7, 11) is 0. The van der Waals surface area contributed by atoms with Crippen molar-refractivity contribution in [1.82, 2.24) is 0 Å². The van der Waals surface area contributed by atoms with Gasteiger partial charge in [-0.1, -0.05) is 39.8 Å². The number of aliphatic hydroxyl groups is 3. The molecule has 0 amide bonds. The zero-order valence-corrected chi connectivity index (χ0v) is 22.5. The molecule has 5 saturated carbocycles. The second kappa shape index (κ2) is 7.80. The minimum absolute atomic E-state index is 0.0304. The van der Waals surface area contributed by atoms with Gasteiger partial charge in [0.2, 0.25) is 0 Å². The first-order chi connectivity index (χ1) is 16.2. The lowest BCUT2D eigenvalue weighted by atomic mass is 9.31.